The van der Waals surface area contributed by atoms with Crippen molar-refractivity contribution in [2.24, 2.45) is 5.92 Å². The van der Waals surface area contributed by atoms with Crippen molar-refractivity contribution < 1.29 is 9.53 Å². The van der Waals surface area contributed by atoms with E-state index in [2.05, 4.69) is 33.9 Å². The minimum atomic E-state index is -0.172. The van der Waals surface area contributed by atoms with E-state index in [1.54, 1.807) is 12.1 Å². The van der Waals surface area contributed by atoms with Gasteiger partial charge in [0, 0.05) is 18.5 Å². The van der Waals surface area contributed by atoms with Crippen molar-refractivity contribution in [1.29, 1.82) is 0 Å². The van der Waals surface area contributed by atoms with E-state index in [4.69, 9.17) is 4.74 Å². The first-order valence-corrected chi connectivity index (χ1v) is 9.00. The van der Waals surface area contributed by atoms with Gasteiger partial charge in [0.15, 0.2) is 5.82 Å². The zero-order valence-corrected chi connectivity index (χ0v) is 15.2. The molecule has 0 radical (unpaired) electrons. The van der Waals surface area contributed by atoms with Crippen LogP contribution < -0.4 is 10.1 Å². The van der Waals surface area contributed by atoms with Crippen LogP contribution in [0.5, 0.6) is 5.75 Å². The molecule has 1 aliphatic heterocycles. The molecule has 2 aromatic rings. The summed E-state index contributed by atoms with van der Waals surface area (Å²) in [5.41, 5.74) is 0.615. The molecule has 0 saturated heterocycles. The van der Waals surface area contributed by atoms with Crippen LogP contribution in [-0.2, 0) is 13.0 Å². The number of aromatic nitrogens is 3. The number of rotatable bonds is 7. The van der Waals surface area contributed by atoms with Crippen molar-refractivity contribution in [3.63, 3.8) is 0 Å². The van der Waals surface area contributed by atoms with E-state index in [0.717, 1.165) is 43.2 Å². The number of benzene rings is 1. The molecule has 1 aliphatic rings. The summed E-state index contributed by atoms with van der Waals surface area (Å²) in [5, 5.41) is 11.4. The maximum atomic E-state index is 12.5. The van der Waals surface area contributed by atoms with Gasteiger partial charge in [0.25, 0.3) is 5.91 Å². The van der Waals surface area contributed by atoms with E-state index >= 15 is 0 Å². The summed E-state index contributed by atoms with van der Waals surface area (Å²) in [6.07, 6.45) is 3.07. The number of amides is 1. The largest absolute Gasteiger partial charge is 0.494 e. The molecular weight excluding hydrogens is 316 g/mol. The SMILES string of the molecule is CC(C)CCOc1ccc(C(=O)N[C@@H](C)c2nnc3n2CCC3)cc1. The van der Waals surface area contributed by atoms with Gasteiger partial charge in [0.05, 0.1) is 12.6 Å². The molecule has 0 fully saturated rings. The third kappa shape index (κ3) is 4.18. The Kier molecular flexibility index (Phi) is 5.36. The number of hydrogen-bond acceptors (Lipinski definition) is 4. The third-order valence-corrected chi connectivity index (χ3v) is 4.45. The van der Waals surface area contributed by atoms with Crippen LogP contribution in [0.1, 0.15) is 61.7 Å². The lowest BCUT2D eigenvalue weighted by Gasteiger charge is -2.14. The number of carbonyl (C=O) groups is 1. The zero-order chi connectivity index (χ0) is 17.8. The molecule has 134 valence electrons. The molecule has 6 nitrogen and oxygen atoms in total. The lowest BCUT2D eigenvalue weighted by atomic mass is 10.1. The molecule has 2 heterocycles. The Morgan fingerprint density at radius 3 is 2.72 bits per heavy atom. The highest BCUT2D eigenvalue weighted by atomic mass is 16.5. The molecule has 0 unspecified atom stereocenters. The van der Waals surface area contributed by atoms with E-state index in [0.29, 0.717) is 18.1 Å². The fourth-order valence-corrected chi connectivity index (χ4v) is 2.95. The van der Waals surface area contributed by atoms with Gasteiger partial charge in [0.2, 0.25) is 0 Å². The Bertz CT molecular complexity index is 722. The molecule has 25 heavy (non-hydrogen) atoms. The fraction of sp³-hybridized carbons (Fsp3) is 0.526. The number of nitrogens with zero attached hydrogens (tertiary/aromatic N) is 3. The topological polar surface area (TPSA) is 69.0 Å². The van der Waals surface area contributed by atoms with E-state index in [9.17, 15) is 4.79 Å². The second kappa shape index (κ2) is 7.68. The lowest BCUT2D eigenvalue weighted by Crippen LogP contribution is -2.28. The molecule has 6 heteroatoms. The van der Waals surface area contributed by atoms with Crippen molar-refractivity contribution in [2.75, 3.05) is 6.61 Å². The Balaban J connectivity index is 1.57. The molecule has 3 rings (SSSR count). The van der Waals surface area contributed by atoms with Crippen LogP contribution in [0.4, 0.5) is 0 Å². The van der Waals surface area contributed by atoms with E-state index < -0.39 is 0 Å². The molecule has 0 aliphatic carbocycles. The molecule has 0 saturated carbocycles. The highest BCUT2D eigenvalue weighted by Gasteiger charge is 2.22. The van der Waals surface area contributed by atoms with Crippen LogP contribution in [0.2, 0.25) is 0 Å². The minimum Gasteiger partial charge on any atom is -0.494 e. The predicted octanol–water partition coefficient (Wildman–Crippen LogP) is 3.14. The normalized spacial score (nSPS) is 14.4. The van der Waals surface area contributed by atoms with Crippen LogP contribution in [0.25, 0.3) is 0 Å². The molecule has 1 aromatic heterocycles. The van der Waals surface area contributed by atoms with Crippen molar-refractivity contribution in [3.8, 4) is 5.75 Å². The van der Waals surface area contributed by atoms with Gasteiger partial charge in [-0.3, -0.25) is 4.79 Å². The van der Waals surface area contributed by atoms with Gasteiger partial charge in [-0.1, -0.05) is 13.8 Å². The summed E-state index contributed by atoms with van der Waals surface area (Å²) >= 11 is 0. The first-order chi connectivity index (χ1) is 12.0. The second-order valence-corrected chi connectivity index (χ2v) is 6.98. The van der Waals surface area contributed by atoms with Gasteiger partial charge < -0.3 is 14.6 Å². The smallest absolute Gasteiger partial charge is 0.251 e. The maximum absolute atomic E-state index is 12.5. The monoisotopic (exact) mass is 342 g/mol. The van der Waals surface area contributed by atoms with Gasteiger partial charge in [-0.15, -0.1) is 10.2 Å². The summed E-state index contributed by atoms with van der Waals surface area (Å²) in [7, 11) is 0. The standard InChI is InChI=1S/C19H26N4O2/c1-13(2)10-12-25-16-8-6-15(7-9-16)19(24)20-14(3)18-22-21-17-5-4-11-23(17)18/h6-9,13-14H,4-5,10-12H2,1-3H3,(H,20,24)/t14-/m0/s1. The van der Waals surface area contributed by atoms with Crippen LogP contribution in [0.3, 0.4) is 0 Å². The number of nitrogens with one attached hydrogen (secondary N) is 1. The summed E-state index contributed by atoms with van der Waals surface area (Å²) in [6, 6.07) is 7.10. The average molecular weight is 342 g/mol. The molecule has 0 spiro atoms. The Morgan fingerprint density at radius 2 is 2.00 bits per heavy atom. The van der Waals surface area contributed by atoms with Crippen molar-refractivity contribution in [1.82, 2.24) is 20.1 Å². The van der Waals surface area contributed by atoms with Gasteiger partial charge in [-0.25, -0.2) is 0 Å². The summed E-state index contributed by atoms with van der Waals surface area (Å²) in [6.45, 7) is 7.90. The quantitative estimate of drug-likeness (QED) is 0.839. The van der Waals surface area contributed by atoms with Gasteiger partial charge in [-0.2, -0.15) is 0 Å². The number of aryl methyl sites for hydroxylation is 1. The van der Waals surface area contributed by atoms with Gasteiger partial charge in [-0.05, 0) is 49.9 Å². The second-order valence-electron chi connectivity index (χ2n) is 6.98. The van der Waals surface area contributed by atoms with Crippen LogP contribution >= 0.6 is 0 Å². The Morgan fingerprint density at radius 1 is 1.24 bits per heavy atom. The summed E-state index contributed by atoms with van der Waals surface area (Å²) in [5.74, 6) is 3.13. The predicted molar refractivity (Wildman–Crippen MR) is 95.6 cm³/mol. The average Bonchev–Trinajstić information content (AvgIpc) is 3.18. The lowest BCUT2D eigenvalue weighted by molar-refractivity contribution is 0.0937. The van der Waals surface area contributed by atoms with E-state index in [-0.39, 0.29) is 11.9 Å². The minimum absolute atomic E-state index is 0.114. The third-order valence-electron chi connectivity index (χ3n) is 4.45. The molecule has 1 N–H and O–H groups in total. The Labute approximate surface area is 148 Å². The molecule has 1 aromatic carbocycles. The van der Waals surface area contributed by atoms with Gasteiger partial charge >= 0.3 is 0 Å². The van der Waals surface area contributed by atoms with Crippen LogP contribution in [-0.4, -0.2) is 27.3 Å². The molecule has 1 atom stereocenters. The molecule has 1 amide bonds. The number of hydrogen-bond donors (Lipinski definition) is 1. The van der Waals surface area contributed by atoms with Crippen molar-refractivity contribution >= 4 is 5.91 Å². The first-order valence-electron chi connectivity index (χ1n) is 9.00. The zero-order valence-electron chi connectivity index (χ0n) is 15.2. The number of carbonyl (C=O) groups excluding carboxylic acids is 1. The van der Waals surface area contributed by atoms with Crippen LogP contribution in [0, 0.1) is 5.92 Å². The number of fused-ring (bicyclic) bond motifs is 1. The van der Waals surface area contributed by atoms with E-state index in [1.807, 2.05) is 19.1 Å². The van der Waals surface area contributed by atoms with E-state index in [1.165, 1.54) is 0 Å². The first kappa shape index (κ1) is 17.5. The Hall–Kier alpha value is -2.37. The van der Waals surface area contributed by atoms with Crippen molar-refractivity contribution in [2.45, 2.75) is 52.6 Å². The highest BCUT2D eigenvalue weighted by Crippen LogP contribution is 2.20. The van der Waals surface area contributed by atoms with Gasteiger partial charge in [0.1, 0.15) is 11.6 Å². The summed E-state index contributed by atoms with van der Waals surface area (Å²) in [4.78, 5) is 12.5. The molecule has 0 bridgehead atoms. The fourth-order valence-electron chi connectivity index (χ4n) is 2.95. The molecular formula is C19H26N4O2. The number of ether oxygens (including phenoxy) is 1. The van der Waals surface area contributed by atoms with Crippen LogP contribution in [0.15, 0.2) is 24.3 Å². The maximum Gasteiger partial charge on any atom is 0.251 e. The van der Waals surface area contributed by atoms with Crippen molar-refractivity contribution in [3.05, 3.63) is 41.5 Å². The summed E-state index contributed by atoms with van der Waals surface area (Å²) < 4.78 is 7.80. The highest BCUT2D eigenvalue weighted by molar-refractivity contribution is 5.94.